The summed E-state index contributed by atoms with van der Waals surface area (Å²) in [6.45, 7) is 2.26. The van der Waals surface area contributed by atoms with Crippen LogP contribution in [0.2, 0.25) is 0 Å². The van der Waals surface area contributed by atoms with Crippen molar-refractivity contribution >= 4 is 17.5 Å². The van der Waals surface area contributed by atoms with Gasteiger partial charge in [-0.1, -0.05) is 0 Å². The topological polar surface area (TPSA) is 76.5 Å². The summed E-state index contributed by atoms with van der Waals surface area (Å²) in [5.74, 6) is -2.17. The van der Waals surface area contributed by atoms with Crippen LogP contribution in [0.1, 0.15) is 22.5 Å². The van der Waals surface area contributed by atoms with Gasteiger partial charge >= 0.3 is 0 Å². The van der Waals surface area contributed by atoms with E-state index >= 15 is 0 Å². The number of hydrogen-bond donors (Lipinski definition) is 1. The minimum absolute atomic E-state index is 0.176. The van der Waals surface area contributed by atoms with Crippen molar-refractivity contribution in [2.45, 2.75) is 19.4 Å². The number of benzene rings is 2. The van der Waals surface area contributed by atoms with Gasteiger partial charge in [0.05, 0.1) is 24.8 Å². The van der Waals surface area contributed by atoms with Crippen LogP contribution in [0.5, 0.6) is 5.75 Å². The molecule has 1 saturated heterocycles. The molecule has 7 nitrogen and oxygen atoms in total. The molecule has 1 N–H and O–H groups in total. The Hall–Kier alpha value is -3.75. The van der Waals surface area contributed by atoms with Crippen LogP contribution in [0, 0.1) is 18.6 Å². The first-order chi connectivity index (χ1) is 14.9. The lowest BCUT2D eigenvalue weighted by Gasteiger charge is -2.19. The van der Waals surface area contributed by atoms with Crippen LogP contribution in [-0.2, 0) is 4.79 Å². The molecule has 2 heterocycles. The molecule has 160 valence electrons. The molecule has 0 bridgehead atoms. The number of aromatic nitrogens is 2. The van der Waals surface area contributed by atoms with Crippen LogP contribution in [0.4, 0.5) is 14.5 Å². The monoisotopic (exact) mass is 426 g/mol. The van der Waals surface area contributed by atoms with Crippen LogP contribution in [0.15, 0.2) is 48.9 Å². The highest BCUT2D eigenvalue weighted by Gasteiger charge is 2.34. The number of nitrogens with one attached hydrogen (secondary N) is 1. The summed E-state index contributed by atoms with van der Waals surface area (Å²) >= 11 is 0. The van der Waals surface area contributed by atoms with Crippen LogP contribution in [0.3, 0.4) is 0 Å². The quantitative estimate of drug-likeness (QED) is 0.681. The molecule has 1 aliphatic rings. The number of aryl methyl sites for hydroxylation is 1. The highest BCUT2D eigenvalue weighted by Crippen LogP contribution is 2.31. The molecule has 0 radical (unpaired) electrons. The third kappa shape index (κ3) is 4.11. The van der Waals surface area contributed by atoms with E-state index in [0.717, 1.165) is 23.5 Å². The zero-order chi connectivity index (χ0) is 22.1. The Kier molecular flexibility index (Phi) is 5.41. The van der Waals surface area contributed by atoms with Crippen molar-refractivity contribution in [2.24, 2.45) is 0 Å². The van der Waals surface area contributed by atoms with Crippen molar-refractivity contribution in [2.75, 3.05) is 18.6 Å². The van der Waals surface area contributed by atoms with Gasteiger partial charge in [0.2, 0.25) is 5.91 Å². The average molecular weight is 426 g/mol. The number of rotatable bonds is 5. The second kappa shape index (κ2) is 8.17. The molecule has 0 spiro atoms. The molecule has 4 rings (SSSR count). The fourth-order valence-corrected chi connectivity index (χ4v) is 3.60. The Balaban J connectivity index is 1.51. The number of amides is 2. The smallest absolute Gasteiger partial charge is 0.252 e. The van der Waals surface area contributed by atoms with Crippen molar-refractivity contribution in [1.82, 2.24) is 14.9 Å². The molecule has 0 aliphatic carbocycles. The lowest BCUT2D eigenvalue weighted by molar-refractivity contribution is -0.118. The second-order valence-corrected chi connectivity index (χ2v) is 7.24. The number of carbonyl (C=O) groups is 2. The molecule has 1 atom stereocenters. The Labute approximate surface area is 177 Å². The molecule has 1 unspecified atom stereocenters. The largest absolute Gasteiger partial charge is 0.494 e. The summed E-state index contributed by atoms with van der Waals surface area (Å²) in [6.07, 6.45) is 3.90. The predicted octanol–water partition coefficient (Wildman–Crippen LogP) is 3.00. The van der Waals surface area contributed by atoms with E-state index in [1.807, 2.05) is 23.8 Å². The van der Waals surface area contributed by atoms with Crippen LogP contribution in [-0.4, -0.2) is 41.1 Å². The number of carbonyl (C=O) groups excluding carboxylic acids is 2. The molecule has 2 amide bonds. The summed E-state index contributed by atoms with van der Waals surface area (Å²) in [5.41, 5.74) is 2.08. The molecule has 2 aromatic carbocycles. The van der Waals surface area contributed by atoms with Crippen molar-refractivity contribution < 1.29 is 23.1 Å². The highest BCUT2D eigenvalue weighted by atomic mass is 19.1. The second-order valence-electron chi connectivity index (χ2n) is 7.24. The summed E-state index contributed by atoms with van der Waals surface area (Å²) in [7, 11) is 1.54. The molecule has 1 aromatic heterocycles. The van der Waals surface area contributed by atoms with E-state index in [-0.39, 0.29) is 11.5 Å². The summed E-state index contributed by atoms with van der Waals surface area (Å²) < 4.78 is 34.1. The first-order valence-electron chi connectivity index (χ1n) is 9.63. The lowest BCUT2D eigenvalue weighted by atomic mass is 10.1. The fraction of sp³-hybridized carbons (Fsp3) is 0.227. The first kappa shape index (κ1) is 20.5. The summed E-state index contributed by atoms with van der Waals surface area (Å²) in [4.78, 5) is 31.0. The number of imidazole rings is 1. The number of hydrogen-bond acceptors (Lipinski definition) is 4. The van der Waals surface area contributed by atoms with Gasteiger partial charge in [-0.2, -0.15) is 0 Å². The predicted molar refractivity (Wildman–Crippen MR) is 109 cm³/mol. The van der Waals surface area contributed by atoms with Crippen LogP contribution >= 0.6 is 0 Å². The number of nitrogens with zero attached hydrogens (tertiary/aromatic N) is 3. The van der Waals surface area contributed by atoms with Crippen molar-refractivity contribution in [3.63, 3.8) is 0 Å². The summed E-state index contributed by atoms with van der Waals surface area (Å²) in [6, 6.07) is 7.10. The normalized spacial score (nSPS) is 15.9. The molecule has 3 aromatic rings. The molecular formula is C22H20F2N4O3. The van der Waals surface area contributed by atoms with E-state index in [9.17, 15) is 18.4 Å². The van der Waals surface area contributed by atoms with Gasteiger partial charge in [0.15, 0.2) is 0 Å². The Morgan fingerprint density at radius 1 is 1.19 bits per heavy atom. The SMILES string of the molecule is COc1cc(N2CCC(NC(=O)c3cc(F)cc(F)c3)C2=O)ccc1-n1cnc(C)c1. The number of methoxy groups -OCH3 is 1. The third-order valence-electron chi connectivity index (χ3n) is 5.10. The van der Waals surface area contributed by atoms with Gasteiger partial charge in [-0.15, -0.1) is 0 Å². The van der Waals surface area contributed by atoms with E-state index in [4.69, 9.17) is 4.74 Å². The Bertz CT molecular complexity index is 1140. The van der Waals surface area contributed by atoms with Crippen molar-refractivity contribution in [3.8, 4) is 11.4 Å². The van der Waals surface area contributed by atoms with Gasteiger partial charge in [0.25, 0.3) is 5.91 Å². The van der Waals surface area contributed by atoms with Gasteiger partial charge in [0, 0.05) is 36.1 Å². The first-order valence-corrected chi connectivity index (χ1v) is 9.63. The lowest BCUT2D eigenvalue weighted by Crippen LogP contribution is -2.41. The maximum Gasteiger partial charge on any atom is 0.252 e. The number of anilines is 1. The highest BCUT2D eigenvalue weighted by molar-refractivity contribution is 6.04. The van der Waals surface area contributed by atoms with Crippen molar-refractivity contribution in [1.29, 1.82) is 0 Å². The van der Waals surface area contributed by atoms with Gasteiger partial charge in [-0.25, -0.2) is 13.8 Å². The maximum atomic E-state index is 13.4. The van der Waals surface area contributed by atoms with Gasteiger partial charge in [-0.05, 0) is 37.6 Å². The standard InChI is InChI=1S/C22H20F2N4O3/c1-13-11-27(12-25-13)19-4-3-17(10-20(19)31-2)28-6-5-18(22(28)30)26-21(29)14-7-15(23)9-16(24)8-14/h3-4,7-12,18H,5-6H2,1-2H3,(H,26,29). The van der Waals surface area contributed by atoms with E-state index in [1.54, 1.807) is 30.5 Å². The minimum Gasteiger partial charge on any atom is -0.494 e. The van der Waals surface area contributed by atoms with Gasteiger partial charge in [-0.3, -0.25) is 9.59 Å². The zero-order valence-corrected chi connectivity index (χ0v) is 16.9. The van der Waals surface area contributed by atoms with Gasteiger partial charge < -0.3 is 19.5 Å². The average Bonchev–Trinajstić information content (AvgIpc) is 3.32. The van der Waals surface area contributed by atoms with Crippen molar-refractivity contribution in [3.05, 3.63) is 71.8 Å². The van der Waals surface area contributed by atoms with E-state index in [2.05, 4.69) is 10.3 Å². The molecule has 0 saturated carbocycles. The van der Waals surface area contributed by atoms with E-state index in [1.165, 1.54) is 0 Å². The van der Waals surface area contributed by atoms with E-state index < -0.39 is 23.6 Å². The zero-order valence-electron chi connectivity index (χ0n) is 16.9. The number of ether oxygens (including phenoxy) is 1. The molecule has 1 aliphatic heterocycles. The molecule has 31 heavy (non-hydrogen) atoms. The van der Waals surface area contributed by atoms with E-state index in [0.29, 0.717) is 30.5 Å². The molecular weight excluding hydrogens is 406 g/mol. The third-order valence-corrected chi connectivity index (χ3v) is 5.10. The molecule has 1 fully saturated rings. The number of halogens is 2. The van der Waals surface area contributed by atoms with Crippen LogP contribution < -0.4 is 15.0 Å². The minimum atomic E-state index is -0.857. The maximum absolute atomic E-state index is 13.4. The Morgan fingerprint density at radius 2 is 1.94 bits per heavy atom. The summed E-state index contributed by atoms with van der Waals surface area (Å²) in [5, 5.41) is 2.56. The molecule has 9 heteroatoms. The fourth-order valence-electron chi connectivity index (χ4n) is 3.60. The van der Waals surface area contributed by atoms with Crippen LogP contribution in [0.25, 0.3) is 5.69 Å². The van der Waals surface area contributed by atoms with Gasteiger partial charge in [0.1, 0.15) is 23.4 Å². The Morgan fingerprint density at radius 3 is 2.58 bits per heavy atom.